The first-order chi connectivity index (χ1) is 6.93. The van der Waals surface area contributed by atoms with Crippen LogP contribution >= 0.6 is 0 Å². The van der Waals surface area contributed by atoms with Crippen molar-refractivity contribution >= 4 is 22.1 Å². The first kappa shape index (κ1) is 10.6. The van der Waals surface area contributed by atoms with Crippen LogP contribution in [0.4, 0.5) is 0 Å². The van der Waals surface area contributed by atoms with Crippen LogP contribution in [0.1, 0.15) is 0 Å². The maximum Gasteiger partial charge on any atom is 1.00 e. The van der Waals surface area contributed by atoms with E-state index < -0.39 is 0 Å². The van der Waals surface area contributed by atoms with Crippen LogP contribution in [-0.4, -0.2) is 9.97 Å². The summed E-state index contributed by atoms with van der Waals surface area (Å²) in [5.74, 6) is 0. The van der Waals surface area contributed by atoms with Crippen molar-refractivity contribution in [2.24, 2.45) is 0 Å². The van der Waals surface area contributed by atoms with E-state index >= 15 is 0 Å². The number of fused-ring (bicyclic) bond motifs is 2. The van der Waals surface area contributed by atoms with Gasteiger partial charge in [-0.2, -0.15) is 18.2 Å². The third kappa shape index (κ3) is 1.88. The minimum Gasteiger partial charge on any atom is -0.309 e. The van der Waals surface area contributed by atoms with Crippen LogP contribution in [0, 0.1) is 6.07 Å². The number of hydrogen-bond acceptors (Lipinski definition) is 2. The van der Waals surface area contributed by atoms with Gasteiger partial charge in [0.05, 0.1) is 11.0 Å². The van der Waals surface area contributed by atoms with Crippen LogP contribution in [0.3, 0.4) is 0 Å². The average molecular weight is 202 g/mol. The van der Waals surface area contributed by atoms with E-state index in [0.29, 0.717) is 0 Å². The minimum atomic E-state index is 0. The Balaban J connectivity index is 0.000000853. The van der Waals surface area contributed by atoms with E-state index in [9.17, 15) is 0 Å². The van der Waals surface area contributed by atoms with E-state index in [1.54, 1.807) is 0 Å². The Bertz CT molecular complexity index is 502. The molecule has 0 spiro atoms. The summed E-state index contributed by atoms with van der Waals surface area (Å²) >= 11 is 0. The number of aromatic nitrogens is 2. The summed E-state index contributed by atoms with van der Waals surface area (Å²) in [4.78, 5) is 8.94. The molecule has 0 unspecified atom stereocenters. The van der Waals surface area contributed by atoms with Crippen LogP contribution in [0.2, 0.25) is 0 Å². The average Bonchev–Trinajstić information content (AvgIpc) is 2.26. The molecule has 0 aliphatic rings. The molecule has 0 bridgehead atoms. The van der Waals surface area contributed by atoms with Gasteiger partial charge in [-0.15, -0.1) is 6.07 Å². The van der Waals surface area contributed by atoms with Crippen molar-refractivity contribution in [1.82, 2.24) is 9.97 Å². The molecule has 0 amide bonds. The fourth-order valence-electron chi connectivity index (χ4n) is 1.50. The molecule has 0 fully saturated rings. The molecule has 0 saturated carbocycles. The van der Waals surface area contributed by atoms with Gasteiger partial charge in [0.2, 0.25) is 0 Å². The Labute approximate surface area is 110 Å². The maximum absolute atomic E-state index is 4.48. The molecule has 15 heavy (non-hydrogen) atoms. The Morgan fingerprint density at radius 2 is 1.47 bits per heavy atom. The Morgan fingerprint density at radius 3 is 2.27 bits per heavy atom. The summed E-state index contributed by atoms with van der Waals surface area (Å²) < 4.78 is 0. The molecule has 0 aliphatic heterocycles. The van der Waals surface area contributed by atoms with Crippen molar-refractivity contribution in [1.29, 1.82) is 0 Å². The zero-order valence-electron chi connectivity index (χ0n) is 8.44. The van der Waals surface area contributed by atoms with Crippen LogP contribution < -0.4 is 29.6 Å². The van der Waals surface area contributed by atoms with E-state index in [0.717, 1.165) is 22.1 Å². The minimum absolute atomic E-state index is 0. The summed E-state index contributed by atoms with van der Waals surface area (Å²) in [5, 5.41) is 0. The molecule has 0 N–H and O–H groups in total. The van der Waals surface area contributed by atoms with Crippen LogP contribution in [-0.2, 0) is 0 Å². The van der Waals surface area contributed by atoms with Crippen molar-refractivity contribution in [2.75, 3.05) is 0 Å². The van der Waals surface area contributed by atoms with Crippen molar-refractivity contribution < 1.29 is 29.6 Å². The van der Waals surface area contributed by atoms with Gasteiger partial charge in [-0.3, -0.25) is 4.98 Å². The molecule has 66 valence electrons. The zero-order valence-corrected chi connectivity index (χ0v) is 10.4. The van der Waals surface area contributed by atoms with Crippen LogP contribution in [0.25, 0.3) is 22.1 Å². The van der Waals surface area contributed by atoms with E-state index in [-0.39, 0.29) is 29.6 Å². The van der Waals surface area contributed by atoms with Gasteiger partial charge in [0, 0.05) is 0 Å². The van der Waals surface area contributed by atoms with E-state index in [1.807, 2.05) is 42.5 Å². The molecule has 3 aromatic rings. The first-order valence-electron chi connectivity index (χ1n) is 4.47. The van der Waals surface area contributed by atoms with Crippen molar-refractivity contribution in [3.63, 3.8) is 0 Å². The van der Waals surface area contributed by atoms with Crippen molar-refractivity contribution in [2.45, 2.75) is 0 Å². The zero-order chi connectivity index (χ0) is 9.38. The topological polar surface area (TPSA) is 25.8 Å². The molecular formula is C12H7N2Na. The second-order valence-electron chi connectivity index (χ2n) is 3.12. The fraction of sp³-hybridized carbons (Fsp3) is 0. The normalized spacial score (nSPS) is 10.1. The molecule has 0 saturated heterocycles. The first-order valence-corrected chi connectivity index (χ1v) is 4.47. The SMILES string of the molecule is [Na+].[c-]1cccc2nc3ccccc3nc12. The second-order valence-corrected chi connectivity index (χ2v) is 3.12. The predicted octanol–water partition coefficient (Wildman–Crippen LogP) is -0.413. The van der Waals surface area contributed by atoms with Gasteiger partial charge in [-0.1, -0.05) is 12.1 Å². The maximum atomic E-state index is 4.48. The number of nitrogens with zero attached hydrogens (tertiary/aromatic N) is 2. The number of benzene rings is 2. The summed E-state index contributed by atoms with van der Waals surface area (Å²) in [6, 6.07) is 16.7. The molecule has 3 rings (SSSR count). The van der Waals surface area contributed by atoms with Gasteiger partial charge in [-0.25, -0.2) is 0 Å². The van der Waals surface area contributed by atoms with Gasteiger partial charge < -0.3 is 4.98 Å². The largest absolute Gasteiger partial charge is 1.00 e. The van der Waals surface area contributed by atoms with E-state index in [4.69, 9.17) is 0 Å². The number of rotatable bonds is 0. The Kier molecular flexibility index (Phi) is 3.00. The van der Waals surface area contributed by atoms with Gasteiger partial charge in [0.25, 0.3) is 0 Å². The Morgan fingerprint density at radius 1 is 0.800 bits per heavy atom. The van der Waals surface area contributed by atoms with Crippen LogP contribution in [0.5, 0.6) is 0 Å². The Hall–Kier alpha value is -0.960. The van der Waals surface area contributed by atoms with E-state index in [2.05, 4.69) is 16.0 Å². The molecule has 0 radical (unpaired) electrons. The van der Waals surface area contributed by atoms with Crippen LogP contribution in [0.15, 0.2) is 42.5 Å². The number of para-hydroxylation sites is 3. The molecule has 1 aromatic heterocycles. The predicted molar refractivity (Wildman–Crippen MR) is 55.9 cm³/mol. The summed E-state index contributed by atoms with van der Waals surface area (Å²) in [5.41, 5.74) is 3.57. The molecule has 0 atom stereocenters. The van der Waals surface area contributed by atoms with Crippen molar-refractivity contribution in [3.8, 4) is 0 Å². The molecular weight excluding hydrogens is 195 g/mol. The number of hydrogen-bond donors (Lipinski definition) is 0. The van der Waals surface area contributed by atoms with Gasteiger partial charge in [0.1, 0.15) is 0 Å². The van der Waals surface area contributed by atoms with Gasteiger partial charge in [-0.05, 0) is 23.2 Å². The summed E-state index contributed by atoms with van der Waals surface area (Å²) in [6.07, 6.45) is 0. The molecule has 2 aromatic carbocycles. The fourth-order valence-corrected chi connectivity index (χ4v) is 1.50. The molecule has 1 heterocycles. The third-order valence-corrected chi connectivity index (χ3v) is 2.17. The van der Waals surface area contributed by atoms with E-state index in [1.165, 1.54) is 0 Å². The summed E-state index contributed by atoms with van der Waals surface area (Å²) in [7, 11) is 0. The smallest absolute Gasteiger partial charge is 0.309 e. The van der Waals surface area contributed by atoms with Gasteiger partial charge in [0.15, 0.2) is 0 Å². The molecule has 3 heteroatoms. The third-order valence-electron chi connectivity index (χ3n) is 2.17. The van der Waals surface area contributed by atoms with Crippen molar-refractivity contribution in [3.05, 3.63) is 48.5 Å². The standard InChI is InChI=1S/C12H7N2.Na/c1-2-6-10-9(5-1)13-11-7-3-4-8-12(11)14-10;/h1-7H;/q-1;+1. The molecule has 0 aliphatic carbocycles. The monoisotopic (exact) mass is 202 g/mol. The second kappa shape index (κ2) is 4.27. The summed E-state index contributed by atoms with van der Waals surface area (Å²) in [6.45, 7) is 0. The molecule has 2 nitrogen and oxygen atoms in total. The quantitative estimate of drug-likeness (QED) is 0.281. The van der Waals surface area contributed by atoms with Gasteiger partial charge >= 0.3 is 29.6 Å².